The topological polar surface area (TPSA) is 93.7 Å². The summed E-state index contributed by atoms with van der Waals surface area (Å²) in [7, 11) is 2.40. The summed E-state index contributed by atoms with van der Waals surface area (Å²) in [6, 6.07) is 4.98. The van der Waals surface area contributed by atoms with Gasteiger partial charge in [0.25, 0.3) is 0 Å². The van der Waals surface area contributed by atoms with Crippen LogP contribution in [0.2, 0.25) is 5.02 Å². The van der Waals surface area contributed by atoms with Crippen LogP contribution in [0.5, 0.6) is 0 Å². The molecular weight excluding hydrogens is 384 g/mol. The number of hydrogen-bond donors (Lipinski definition) is 2. The monoisotopic (exact) mass is 406 g/mol. The number of hydrogen-bond acceptors (Lipinski definition) is 7. The maximum atomic E-state index is 12.0. The van der Waals surface area contributed by atoms with Crippen LogP contribution in [0.3, 0.4) is 0 Å². The molecule has 0 spiro atoms. The van der Waals surface area contributed by atoms with Crippen molar-refractivity contribution in [1.82, 2.24) is 0 Å². The van der Waals surface area contributed by atoms with E-state index in [4.69, 9.17) is 16.3 Å². The molecule has 28 heavy (non-hydrogen) atoms. The van der Waals surface area contributed by atoms with Gasteiger partial charge < -0.3 is 20.1 Å². The zero-order chi connectivity index (χ0) is 20.9. The highest BCUT2D eigenvalue weighted by molar-refractivity contribution is 6.31. The van der Waals surface area contributed by atoms with Crippen LogP contribution in [-0.2, 0) is 23.9 Å². The maximum absolute atomic E-state index is 12.0. The van der Waals surface area contributed by atoms with Crippen molar-refractivity contribution in [3.8, 4) is 0 Å². The lowest BCUT2D eigenvalue weighted by Crippen LogP contribution is -2.24. The fourth-order valence-corrected chi connectivity index (χ4v) is 3.08. The zero-order valence-electron chi connectivity index (χ0n) is 16.2. The number of esters is 2. The SMILES string of the molecule is COC(=O)/C=C(/Nc1cc(Cl)ccc1NC1=CC(=O)CC(C)(C)C1)C(=O)OC. The van der Waals surface area contributed by atoms with Crippen molar-refractivity contribution in [1.29, 1.82) is 0 Å². The largest absolute Gasteiger partial charge is 0.466 e. The molecule has 2 rings (SSSR count). The first-order valence-electron chi connectivity index (χ1n) is 8.58. The number of methoxy groups -OCH3 is 2. The smallest absolute Gasteiger partial charge is 0.354 e. The van der Waals surface area contributed by atoms with E-state index in [1.54, 1.807) is 24.3 Å². The zero-order valence-corrected chi connectivity index (χ0v) is 17.0. The first-order valence-corrected chi connectivity index (χ1v) is 8.96. The average molecular weight is 407 g/mol. The van der Waals surface area contributed by atoms with E-state index in [-0.39, 0.29) is 16.9 Å². The number of anilines is 2. The van der Waals surface area contributed by atoms with Crippen molar-refractivity contribution in [2.24, 2.45) is 5.41 Å². The van der Waals surface area contributed by atoms with Crippen molar-refractivity contribution in [2.75, 3.05) is 24.9 Å². The van der Waals surface area contributed by atoms with E-state index in [1.807, 2.05) is 13.8 Å². The quantitative estimate of drug-likeness (QED) is 0.549. The summed E-state index contributed by atoms with van der Waals surface area (Å²) in [6.45, 7) is 4.05. The lowest BCUT2D eigenvalue weighted by Gasteiger charge is -2.29. The molecule has 0 heterocycles. The number of ketones is 1. The summed E-state index contributed by atoms with van der Waals surface area (Å²) < 4.78 is 9.28. The summed E-state index contributed by atoms with van der Waals surface area (Å²) in [5.41, 5.74) is 1.50. The van der Waals surface area contributed by atoms with E-state index in [9.17, 15) is 14.4 Å². The molecule has 0 saturated carbocycles. The summed E-state index contributed by atoms with van der Waals surface area (Å²) in [5.74, 6) is -1.42. The molecular formula is C20H23ClN2O5. The van der Waals surface area contributed by atoms with Crippen LogP contribution < -0.4 is 10.6 Å². The first kappa shape index (κ1) is 21.5. The van der Waals surface area contributed by atoms with E-state index in [1.165, 1.54) is 14.2 Å². The predicted molar refractivity (Wildman–Crippen MR) is 107 cm³/mol. The number of benzene rings is 1. The third-order valence-electron chi connectivity index (χ3n) is 4.07. The van der Waals surface area contributed by atoms with Gasteiger partial charge in [-0.1, -0.05) is 25.4 Å². The Morgan fingerprint density at radius 2 is 1.86 bits per heavy atom. The van der Waals surface area contributed by atoms with E-state index in [0.29, 0.717) is 29.2 Å². The lowest BCUT2D eigenvalue weighted by molar-refractivity contribution is -0.138. The minimum Gasteiger partial charge on any atom is -0.466 e. The fraction of sp³-hybridized carbons (Fsp3) is 0.350. The molecule has 1 aromatic carbocycles. The fourth-order valence-electron chi connectivity index (χ4n) is 2.91. The van der Waals surface area contributed by atoms with Gasteiger partial charge in [0.1, 0.15) is 5.70 Å². The number of halogens is 1. The molecule has 0 unspecified atom stereocenters. The Morgan fingerprint density at radius 1 is 1.14 bits per heavy atom. The first-order chi connectivity index (χ1) is 13.1. The number of nitrogens with one attached hydrogen (secondary N) is 2. The van der Waals surface area contributed by atoms with Crippen LogP contribution >= 0.6 is 11.6 Å². The van der Waals surface area contributed by atoms with Crippen LogP contribution in [0.1, 0.15) is 26.7 Å². The Bertz CT molecular complexity index is 858. The Labute approximate surface area is 168 Å². The molecule has 0 aliphatic heterocycles. The summed E-state index contributed by atoms with van der Waals surface area (Å²) in [4.78, 5) is 35.6. The molecule has 2 N–H and O–H groups in total. The highest BCUT2D eigenvalue weighted by atomic mass is 35.5. The van der Waals surface area contributed by atoms with Crippen molar-refractivity contribution in [3.63, 3.8) is 0 Å². The number of allylic oxidation sites excluding steroid dienone is 2. The second-order valence-electron chi connectivity index (χ2n) is 7.17. The Kier molecular flexibility index (Phi) is 6.85. The summed E-state index contributed by atoms with van der Waals surface area (Å²) in [5, 5.41) is 6.49. The number of carbonyl (C=O) groups excluding carboxylic acids is 3. The normalized spacial score (nSPS) is 16.1. The maximum Gasteiger partial charge on any atom is 0.354 e. The molecule has 8 heteroatoms. The van der Waals surface area contributed by atoms with Crippen LogP contribution in [0.25, 0.3) is 0 Å². The van der Waals surface area contributed by atoms with Crippen molar-refractivity contribution >= 4 is 40.7 Å². The van der Waals surface area contributed by atoms with Gasteiger partial charge in [0, 0.05) is 23.2 Å². The van der Waals surface area contributed by atoms with Crippen LogP contribution in [0.4, 0.5) is 11.4 Å². The van der Waals surface area contributed by atoms with Crippen LogP contribution in [0.15, 0.2) is 41.7 Å². The van der Waals surface area contributed by atoms with E-state index >= 15 is 0 Å². The molecule has 0 bridgehead atoms. The molecule has 0 radical (unpaired) electrons. The molecule has 1 aromatic rings. The Hall–Kier alpha value is -2.80. The highest BCUT2D eigenvalue weighted by Gasteiger charge is 2.28. The molecule has 0 saturated heterocycles. The van der Waals surface area contributed by atoms with E-state index in [0.717, 1.165) is 11.8 Å². The summed E-state index contributed by atoms with van der Waals surface area (Å²) >= 11 is 6.09. The van der Waals surface area contributed by atoms with Gasteiger partial charge in [-0.15, -0.1) is 0 Å². The van der Waals surface area contributed by atoms with Crippen molar-refractivity contribution in [2.45, 2.75) is 26.7 Å². The molecule has 1 aliphatic carbocycles. The third-order valence-corrected chi connectivity index (χ3v) is 4.31. The highest BCUT2D eigenvalue weighted by Crippen LogP contribution is 2.36. The van der Waals surface area contributed by atoms with Gasteiger partial charge in [-0.2, -0.15) is 0 Å². The van der Waals surface area contributed by atoms with Gasteiger partial charge in [-0.3, -0.25) is 4.79 Å². The minimum absolute atomic E-state index is 0.0445. The molecule has 0 amide bonds. The second-order valence-corrected chi connectivity index (χ2v) is 7.60. The van der Waals surface area contributed by atoms with Gasteiger partial charge in [0.05, 0.1) is 31.7 Å². The minimum atomic E-state index is -0.746. The molecule has 1 aliphatic rings. The van der Waals surface area contributed by atoms with Crippen molar-refractivity contribution in [3.05, 3.63) is 46.8 Å². The van der Waals surface area contributed by atoms with Gasteiger partial charge in [0.15, 0.2) is 5.78 Å². The van der Waals surface area contributed by atoms with Gasteiger partial charge in [-0.05, 0) is 30.0 Å². The molecule has 0 fully saturated rings. The standard InChI is InChI=1S/C20H23ClN2O5/c1-20(2)10-13(8-14(24)11-20)22-15-6-5-12(21)7-16(15)23-17(19(26)28-4)9-18(25)27-3/h5-9,22-23H,10-11H2,1-4H3/b17-9+. The average Bonchev–Trinajstić information content (AvgIpc) is 2.60. The van der Waals surface area contributed by atoms with Gasteiger partial charge in [0.2, 0.25) is 0 Å². The van der Waals surface area contributed by atoms with Crippen LogP contribution in [0, 0.1) is 5.41 Å². The molecule has 150 valence electrons. The van der Waals surface area contributed by atoms with E-state index < -0.39 is 11.9 Å². The molecule has 0 aromatic heterocycles. The van der Waals surface area contributed by atoms with E-state index in [2.05, 4.69) is 15.4 Å². The number of rotatable bonds is 6. The summed E-state index contributed by atoms with van der Waals surface area (Å²) in [6.07, 6.45) is 3.74. The van der Waals surface area contributed by atoms with Gasteiger partial charge in [-0.25, -0.2) is 9.59 Å². The number of ether oxygens (including phenoxy) is 2. The Balaban J connectivity index is 2.36. The van der Waals surface area contributed by atoms with Gasteiger partial charge >= 0.3 is 11.9 Å². The third kappa shape index (κ3) is 5.85. The van der Waals surface area contributed by atoms with Crippen molar-refractivity contribution < 1.29 is 23.9 Å². The lowest BCUT2D eigenvalue weighted by atomic mass is 9.79. The second kappa shape index (κ2) is 8.93. The van der Waals surface area contributed by atoms with Crippen LogP contribution in [-0.4, -0.2) is 31.9 Å². The molecule has 7 nitrogen and oxygen atoms in total. The predicted octanol–water partition coefficient (Wildman–Crippen LogP) is 3.67. The molecule has 0 atom stereocenters. The number of carbonyl (C=O) groups is 3. The Morgan fingerprint density at radius 3 is 2.46 bits per heavy atom.